The van der Waals surface area contributed by atoms with Crippen LogP contribution in [-0.2, 0) is 6.54 Å². The fraction of sp³-hybridized carbons (Fsp3) is 0.647. The Balaban J connectivity index is 2.24. The third-order valence-corrected chi connectivity index (χ3v) is 3.94. The summed E-state index contributed by atoms with van der Waals surface area (Å²) in [6.07, 6.45) is 1.21. The number of nitrogens with zero attached hydrogens (tertiary/aromatic N) is 1. The molecule has 2 atom stereocenters. The fourth-order valence-corrected chi connectivity index (χ4v) is 2.97. The lowest BCUT2D eigenvalue weighted by Gasteiger charge is -2.28. The van der Waals surface area contributed by atoms with Gasteiger partial charge in [0.1, 0.15) is 5.82 Å². The lowest BCUT2D eigenvalue weighted by Crippen LogP contribution is -2.36. The highest BCUT2D eigenvalue weighted by molar-refractivity contribution is 5.55. The molecule has 0 radical (unpaired) electrons. The van der Waals surface area contributed by atoms with E-state index in [0.717, 1.165) is 12.1 Å². The predicted molar refractivity (Wildman–Crippen MR) is 83.6 cm³/mol. The zero-order valence-electron chi connectivity index (χ0n) is 13.3. The van der Waals surface area contributed by atoms with Crippen molar-refractivity contribution in [3.05, 3.63) is 29.6 Å². The Morgan fingerprint density at radius 1 is 1.30 bits per heavy atom. The van der Waals surface area contributed by atoms with E-state index in [1.165, 1.54) is 12.1 Å². The number of benzene rings is 1. The molecule has 2 unspecified atom stereocenters. The van der Waals surface area contributed by atoms with Gasteiger partial charge in [-0.25, -0.2) is 4.39 Å². The molecule has 2 rings (SSSR count). The molecule has 1 aliphatic rings. The lowest BCUT2D eigenvalue weighted by molar-refractivity contribution is 0.423. The van der Waals surface area contributed by atoms with Crippen LogP contribution in [0.1, 0.15) is 46.6 Å². The predicted octanol–water partition coefficient (Wildman–Crippen LogP) is 3.95. The van der Waals surface area contributed by atoms with E-state index in [0.29, 0.717) is 18.5 Å². The minimum absolute atomic E-state index is 0.0352. The van der Waals surface area contributed by atoms with Gasteiger partial charge in [-0.3, -0.25) is 0 Å². The van der Waals surface area contributed by atoms with Crippen molar-refractivity contribution in [3.8, 4) is 0 Å². The molecule has 1 heterocycles. The van der Waals surface area contributed by atoms with Gasteiger partial charge < -0.3 is 10.2 Å². The summed E-state index contributed by atoms with van der Waals surface area (Å²) in [5, 5.41) is 3.46. The van der Waals surface area contributed by atoms with E-state index < -0.39 is 0 Å². The summed E-state index contributed by atoms with van der Waals surface area (Å²) in [6.45, 7) is 12.7. The number of anilines is 1. The molecule has 0 amide bonds. The fourth-order valence-electron chi connectivity index (χ4n) is 2.97. The highest BCUT2D eigenvalue weighted by atomic mass is 19.1. The van der Waals surface area contributed by atoms with E-state index in [1.807, 2.05) is 6.07 Å². The van der Waals surface area contributed by atoms with Crippen LogP contribution in [0.2, 0.25) is 0 Å². The number of hydrogen-bond acceptors (Lipinski definition) is 2. The molecule has 2 nitrogen and oxygen atoms in total. The highest BCUT2D eigenvalue weighted by Crippen LogP contribution is 2.31. The molecule has 1 saturated heterocycles. The van der Waals surface area contributed by atoms with Gasteiger partial charge in [0.15, 0.2) is 0 Å². The summed E-state index contributed by atoms with van der Waals surface area (Å²) in [7, 11) is 0. The summed E-state index contributed by atoms with van der Waals surface area (Å²) in [6, 6.07) is 5.71. The van der Waals surface area contributed by atoms with Crippen LogP contribution in [-0.4, -0.2) is 18.1 Å². The van der Waals surface area contributed by atoms with E-state index in [4.69, 9.17) is 0 Å². The first-order valence-electron chi connectivity index (χ1n) is 7.56. The zero-order chi connectivity index (χ0) is 14.9. The molecule has 0 spiro atoms. The molecular formula is C17H27FN2. The number of rotatable bonds is 3. The molecular weight excluding hydrogens is 251 g/mol. The van der Waals surface area contributed by atoms with Crippen LogP contribution in [0, 0.1) is 11.7 Å². The topological polar surface area (TPSA) is 15.3 Å². The van der Waals surface area contributed by atoms with Crippen LogP contribution >= 0.6 is 0 Å². The Morgan fingerprint density at radius 3 is 2.55 bits per heavy atom. The van der Waals surface area contributed by atoms with Crippen molar-refractivity contribution in [3.63, 3.8) is 0 Å². The molecule has 20 heavy (non-hydrogen) atoms. The Morgan fingerprint density at radius 2 is 2.00 bits per heavy atom. The summed E-state index contributed by atoms with van der Waals surface area (Å²) < 4.78 is 13.6. The Kier molecular flexibility index (Phi) is 4.38. The molecule has 0 aromatic heterocycles. The van der Waals surface area contributed by atoms with Gasteiger partial charge in [0.05, 0.1) is 0 Å². The van der Waals surface area contributed by atoms with Crippen LogP contribution < -0.4 is 10.2 Å². The van der Waals surface area contributed by atoms with Crippen molar-refractivity contribution in [2.24, 2.45) is 5.92 Å². The monoisotopic (exact) mass is 278 g/mol. The third kappa shape index (κ3) is 3.72. The van der Waals surface area contributed by atoms with Crippen LogP contribution in [0.25, 0.3) is 0 Å². The van der Waals surface area contributed by atoms with Crippen LogP contribution in [0.4, 0.5) is 10.1 Å². The molecule has 1 fully saturated rings. The smallest absolute Gasteiger partial charge is 0.123 e. The molecule has 1 aliphatic heterocycles. The van der Waals surface area contributed by atoms with E-state index >= 15 is 0 Å². The lowest BCUT2D eigenvalue weighted by atomic mass is 10.1. The SMILES string of the molecule is CC1CC(C)N(c2ccc(F)cc2CNC(C)(C)C)C1. The molecule has 112 valence electrons. The summed E-state index contributed by atoms with van der Waals surface area (Å²) in [4.78, 5) is 2.42. The summed E-state index contributed by atoms with van der Waals surface area (Å²) in [5.74, 6) is 0.554. The largest absolute Gasteiger partial charge is 0.368 e. The van der Waals surface area contributed by atoms with Crippen LogP contribution in [0.3, 0.4) is 0 Å². The standard InChI is InChI=1S/C17H27FN2/c1-12-8-13(2)20(11-12)16-7-6-15(18)9-14(16)10-19-17(3,4)5/h6-7,9,12-13,19H,8,10-11H2,1-5H3. The normalized spacial score (nSPS) is 23.4. The number of hydrogen-bond donors (Lipinski definition) is 1. The summed E-state index contributed by atoms with van der Waals surface area (Å²) >= 11 is 0. The first kappa shape index (κ1) is 15.3. The average molecular weight is 278 g/mol. The van der Waals surface area contributed by atoms with Crippen molar-refractivity contribution in [2.75, 3.05) is 11.4 Å². The van der Waals surface area contributed by atoms with Crippen molar-refractivity contribution in [2.45, 2.75) is 59.2 Å². The van der Waals surface area contributed by atoms with E-state index in [1.54, 1.807) is 12.1 Å². The molecule has 0 aliphatic carbocycles. The van der Waals surface area contributed by atoms with Crippen molar-refractivity contribution in [1.82, 2.24) is 5.32 Å². The first-order valence-corrected chi connectivity index (χ1v) is 7.56. The van der Waals surface area contributed by atoms with E-state index in [-0.39, 0.29) is 11.4 Å². The maximum Gasteiger partial charge on any atom is 0.123 e. The minimum Gasteiger partial charge on any atom is -0.368 e. The molecule has 1 N–H and O–H groups in total. The van der Waals surface area contributed by atoms with Gasteiger partial charge in [-0.15, -0.1) is 0 Å². The second kappa shape index (κ2) is 5.72. The Labute approximate surface area is 122 Å². The van der Waals surface area contributed by atoms with Gasteiger partial charge in [0.25, 0.3) is 0 Å². The second-order valence-electron chi connectivity index (χ2n) is 7.22. The van der Waals surface area contributed by atoms with Gasteiger partial charge in [0, 0.05) is 30.4 Å². The average Bonchev–Trinajstić information content (AvgIpc) is 2.65. The molecule has 0 bridgehead atoms. The van der Waals surface area contributed by atoms with Crippen molar-refractivity contribution >= 4 is 5.69 Å². The second-order valence-corrected chi connectivity index (χ2v) is 7.22. The Bertz CT molecular complexity index is 465. The molecule has 1 aromatic carbocycles. The van der Waals surface area contributed by atoms with E-state index in [9.17, 15) is 4.39 Å². The highest BCUT2D eigenvalue weighted by Gasteiger charge is 2.27. The van der Waals surface area contributed by atoms with Crippen molar-refractivity contribution < 1.29 is 4.39 Å². The first-order chi connectivity index (χ1) is 9.26. The van der Waals surface area contributed by atoms with Gasteiger partial charge >= 0.3 is 0 Å². The van der Waals surface area contributed by atoms with Gasteiger partial charge in [0.2, 0.25) is 0 Å². The third-order valence-electron chi connectivity index (χ3n) is 3.94. The van der Waals surface area contributed by atoms with Crippen LogP contribution in [0.15, 0.2) is 18.2 Å². The van der Waals surface area contributed by atoms with Gasteiger partial charge in [-0.05, 0) is 63.8 Å². The summed E-state index contributed by atoms with van der Waals surface area (Å²) in [5.41, 5.74) is 2.27. The maximum atomic E-state index is 13.6. The zero-order valence-corrected chi connectivity index (χ0v) is 13.3. The van der Waals surface area contributed by atoms with E-state index in [2.05, 4.69) is 44.8 Å². The van der Waals surface area contributed by atoms with Crippen LogP contribution in [0.5, 0.6) is 0 Å². The maximum absolute atomic E-state index is 13.6. The minimum atomic E-state index is -0.153. The molecule has 3 heteroatoms. The van der Waals surface area contributed by atoms with Gasteiger partial charge in [-0.2, -0.15) is 0 Å². The Hall–Kier alpha value is -1.09. The molecule has 0 saturated carbocycles. The quantitative estimate of drug-likeness (QED) is 0.900. The number of halogens is 1. The van der Waals surface area contributed by atoms with Gasteiger partial charge in [-0.1, -0.05) is 6.92 Å². The van der Waals surface area contributed by atoms with Crippen molar-refractivity contribution in [1.29, 1.82) is 0 Å². The number of nitrogens with one attached hydrogen (secondary N) is 1. The molecule has 1 aromatic rings.